The average Bonchev–Trinajstić information content (AvgIpc) is 3.12. The normalized spacial score (nSPS) is 12.4. The van der Waals surface area contributed by atoms with Crippen molar-refractivity contribution in [2.45, 2.75) is 21.6 Å². The van der Waals surface area contributed by atoms with Crippen molar-refractivity contribution < 1.29 is 43.6 Å². The average molecular weight is 840 g/mol. The maximum absolute atomic E-state index is 12.0. The molecule has 0 aliphatic carbocycles. The van der Waals surface area contributed by atoms with Gasteiger partial charge in [-0.3, -0.25) is 13.7 Å². The Morgan fingerprint density at radius 1 is 0.643 bits per heavy atom. The van der Waals surface area contributed by atoms with E-state index in [9.17, 15) is 38.9 Å². The molecule has 6 rings (SSSR count). The summed E-state index contributed by atoms with van der Waals surface area (Å²) in [6.07, 6.45) is 0. The van der Waals surface area contributed by atoms with Gasteiger partial charge in [-0.05, 0) is 102 Å². The Morgan fingerprint density at radius 3 is 1.95 bits per heavy atom. The smallest absolute Gasteiger partial charge is 0.295 e. The van der Waals surface area contributed by atoms with Gasteiger partial charge in [0, 0.05) is 17.1 Å². The number of azo groups is 2. The van der Waals surface area contributed by atoms with Crippen LogP contribution in [0.15, 0.2) is 126 Å². The summed E-state index contributed by atoms with van der Waals surface area (Å²) in [6.45, 7) is 1.76. The number of nitrogens with zero attached hydrogens (tertiary/aromatic N) is 7. The highest BCUT2D eigenvalue weighted by Gasteiger charge is 2.21. The summed E-state index contributed by atoms with van der Waals surface area (Å²) in [6, 6.07) is 20.9. The zero-order valence-electron chi connectivity index (χ0n) is 28.6. The van der Waals surface area contributed by atoms with Crippen LogP contribution in [0, 0.1) is 6.92 Å². The summed E-state index contributed by atoms with van der Waals surface area (Å²) in [5.74, 6) is 0.472. The molecule has 1 aromatic heterocycles. The van der Waals surface area contributed by atoms with E-state index in [0.29, 0.717) is 40.1 Å². The first-order valence-corrected chi connectivity index (χ1v) is 20.2. The molecule has 0 fully saturated rings. The van der Waals surface area contributed by atoms with E-state index in [1.54, 1.807) is 43.3 Å². The molecule has 5 aromatic carbocycles. The molecule has 6 aromatic rings. The molecule has 1 heterocycles. The van der Waals surface area contributed by atoms with Gasteiger partial charge in [0.15, 0.2) is 0 Å². The van der Waals surface area contributed by atoms with E-state index in [2.05, 4.69) is 46.0 Å². The summed E-state index contributed by atoms with van der Waals surface area (Å²) in [5.41, 5.74) is 2.80. The van der Waals surface area contributed by atoms with E-state index >= 15 is 0 Å². The second-order valence-electron chi connectivity index (χ2n) is 11.5. The monoisotopic (exact) mass is 839 g/mol. The lowest BCUT2D eigenvalue weighted by molar-refractivity contribution is 0.417. The Balaban J connectivity index is 1.17. The van der Waals surface area contributed by atoms with E-state index in [-0.39, 0.29) is 44.2 Å². The third kappa shape index (κ3) is 9.61. The van der Waals surface area contributed by atoms with Gasteiger partial charge in [0.25, 0.3) is 30.4 Å². The summed E-state index contributed by atoms with van der Waals surface area (Å²) in [7, 11) is -12.6. The van der Waals surface area contributed by atoms with Crippen LogP contribution in [0.2, 0.25) is 5.28 Å². The van der Waals surface area contributed by atoms with Crippen LogP contribution in [0.4, 0.5) is 46.0 Å². The van der Waals surface area contributed by atoms with Gasteiger partial charge in [-0.1, -0.05) is 12.1 Å². The number of ether oxygens (including phenoxy) is 1. The Kier molecular flexibility index (Phi) is 11.1. The number of nitrogens with one attached hydrogen (secondary N) is 2. The number of aromatic nitrogens is 3. The second kappa shape index (κ2) is 15.6. The lowest BCUT2D eigenvalue weighted by atomic mass is 10.1. The molecular formula is C33H26ClN9O10S3. The topological polar surface area (TPSA) is 285 Å². The third-order valence-corrected chi connectivity index (χ3v) is 10.4. The van der Waals surface area contributed by atoms with Gasteiger partial charge in [-0.2, -0.15) is 60.7 Å². The molecule has 288 valence electrons. The molecule has 0 unspecified atom stereocenters. The van der Waals surface area contributed by atoms with Crippen LogP contribution in [-0.4, -0.2) is 61.0 Å². The molecule has 0 radical (unpaired) electrons. The summed E-state index contributed by atoms with van der Waals surface area (Å²) in [4.78, 5) is 10.9. The van der Waals surface area contributed by atoms with Gasteiger partial charge in [-0.25, -0.2) is 0 Å². The number of anilines is 4. The maximum Gasteiger partial charge on any atom is 0.295 e. The number of hydrogen-bond acceptors (Lipinski definition) is 16. The van der Waals surface area contributed by atoms with E-state index in [0.717, 1.165) is 6.07 Å². The number of methoxy groups -OCH3 is 1. The van der Waals surface area contributed by atoms with Crippen molar-refractivity contribution in [2.75, 3.05) is 17.7 Å². The van der Waals surface area contributed by atoms with Crippen LogP contribution < -0.4 is 15.4 Å². The largest absolute Gasteiger partial charge is 0.494 e. The first kappa shape index (κ1) is 39.7. The van der Waals surface area contributed by atoms with Crippen molar-refractivity contribution >= 4 is 98.7 Å². The van der Waals surface area contributed by atoms with Gasteiger partial charge < -0.3 is 15.4 Å². The zero-order chi connectivity index (χ0) is 40.4. The van der Waals surface area contributed by atoms with Crippen molar-refractivity contribution in [1.29, 1.82) is 0 Å². The number of hydrogen-bond donors (Lipinski definition) is 5. The van der Waals surface area contributed by atoms with E-state index in [4.69, 9.17) is 16.3 Å². The minimum Gasteiger partial charge on any atom is -0.494 e. The Morgan fingerprint density at radius 2 is 1.29 bits per heavy atom. The number of fused-ring (bicyclic) bond motifs is 1. The lowest BCUT2D eigenvalue weighted by Gasteiger charge is -2.12. The molecule has 0 bridgehead atoms. The van der Waals surface area contributed by atoms with Crippen molar-refractivity contribution in [3.05, 3.63) is 102 Å². The fourth-order valence-corrected chi connectivity index (χ4v) is 7.07. The molecule has 23 heteroatoms. The van der Waals surface area contributed by atoms with Gasteiger partial charge in [0.1, 0.15) is 10.6 Å². The molecule has 0 amide bonds. The number of aryl methyl sites for hydroxylation is 1. The maximum atomic E-state index is 12.0. The number of rotatable bonds is 12. The van der Waals surface area contributed by atoms with E-state index in [1.165, 1.54) is 49.6 Å². The Hall–Kier alpha value is -6.01. The van der Waals surface area contributed by atoms with E-state index in [1.807, 2.05) is 0 Å². The second-order valence-corrected chi connectivity index (χ2v) is 16.1. The van der Waals surface area contributed by atoms with Crippen molar-refractivity contribution in [3.63, 3.8) is 0 Å². The predicted octanol–water partition coefficient (Wildman–Crippen LogP) is 8.05. The molecule has 0 aliphatic rings. The van der Waals surface area contributed by atoms with Crippen LogP contribution in [0.3, 0.4) is 0 Å². The molecular weight excluding hydrogens is 814 g/mol. The van der Waals surface area contributed by atoms with E-state index < -0.39 is 40.1 Å². The highest BCUT2D eigenvalue weighted by Crippen LogP contribution is 2.34. The van der Waals surface area contributed by atoms with Crippen LogP contribution in [-0.2, 0) is 30.4 Å². The number of benzene rings is 5. The zero-order valence-corrected chi connectivity index (χ0v) is 31.8. The van der Waals surface area contributed by atoms with Gasteiger partial charge in [0.2, 0.25) is 17.2 Å². The standard InChI is InChI=1S/C33H26ClN9O10S3/c1-18-12-20(8-10-27(18)43-42-22-7-6-19-13-25(55(47,48)49)17-30(26(19)15-22)56(50,51)52)35-32-37-31(34)38-33(39-32)36-28-11-9-23(16-29(28)53-2)41-40-21-4-3-5-24(14-21)54(44,45)46/h3-17H,1-2H3,(H,44,45,46)(H,47,48,49)(H,50,51,52)(H2,35,36,37,38,39). The molecule has 0 saturated heterocycles. The lowest BCUT2D eigenvalue weighted by Crippen LogP contribution is -2.04. The molecule has 0 aliphatic heterocycles. The number of halogens is 1. The summed E-state index contributed by atoms with van der Waals surface area (Å²) >= 11 is 6.21. The molecule has 0 saturated carbocycles. The SMILES string of the molecule is COc1cc(N=Nc2cccc(S(=O)(=O)O)c2)ccc1Nc1nc(Cl)nc(Nc2ccc(N=Nc3ccc4cc(S(=O)(=O)O)cc(S(=O)(=O)O)c4c3)c(C)c2)n1. The predicted molar refractivity (Wildman–Crippen MR) is 204 cm³/mol. The van der Waals surface area contributed by atoms with Crippen molar-refractivity contribution in [3.8, 4) is 5.75 Å². The van der Waals surface area contributed by atoms with Crippen LogP contribution in [0.1, 0.15) is 5.56 Å². The first-order valence-electron chi connectivity index (χ1n) is 15.5. The van der Waals surface area contributed by atoms with Gasteiger partial charge >= 0.3 is 0 Å². The fourth-order valence-electron chi connectivity index (χ4n) is 5.05. The van der Waals surface area contributed by atoms with Crippen molar-refractivity contribution in [2.24, 2.45) is 20.5 Å². The summed E-state index contributed by atoms with van der Waals surface area (Å²) in [5, 5.41) is 22.5. The Labute approximate surface area is 323 Å². The molecule has 0 spiro atoms. The molecule has 56 heavy (non-hydrogen) atoms. The quantitative estimate of drug-likeness (QED) is 0.0575. The van der Waals surface area contributed by atoms with Crippen LogP contribution in [0.25, 0.3) is 10.8 Å². The highest BCUT2D eigenvalue weighted by molar-refractivity contribution is 7.87. The van der Waals surface area contributed by atoms with Crippen molar-refractivity contribution in [1.82, 2.24) is 15.0 Å². The molecule has 0 atom stereocenters. The van der Waals surface area contributed by atoms with Gasteiger partial charge in [-0.15, -0.1) is 0 Å². The van der Waals surface area contributed by atoms with Crippen LogP contribution in [0.5, 0.6) is 5.75 Å². The van der Waals surface area contributed by atoms with Crippen LogP contribution >= 0.6 is 11.6 Å². The molecule has 19 nitrogen and oxygen atoms in total. The first-order chi connectivity index (χ1) is 26.3. The minimum absolute atomic E-state index is 0.0422. The third-order valence-electron chi connectivity index (χ3n) is 7.61. The molecule has 5 N–H and O–H groups in total. The van der Waals surface area contributed by atoms with Gasteiger partial charge in [0.05, 0.1) is 45.3 Å². The highest BCUT2D eigenvalue weighted by atomic mass is 35.5. The minimum atomic E-state index is -4.89. The Bertz CT molecular complexity index is 2930. The summed E-state index contributed by atoms with van der Waals surface area (Å²) < 4.78 is 104. The fraction of sp³-hybridized carbons (Fsp3) is 0.0606.